The van der Waals surface area contributed by atoms with Gasteiger partial charge in [-0.25, -0.2) is 37.8 Å². The van der Waals surface area contributed by atoms with E-state index in [0.29, 0.717) is 5.92 Å². The zero-order valence-corrected chi connectivity index (χ0v) is 66.6. The molecule has 0 aliphatic rings. The van der Waals surface area contributed by atoms with Crippen LogP contribution < -0.4 is 22.8 Å². The van der Waals surface area contributed by atoms with Crippen LogP contribution in [0.4, 0.5) is 0 Å². The summed E-state index contributed by atoms with van der Waals surface area (Å²) in [6.07, 6.45) is 12.4. The van der Waals surface area contributed by atoms with Gasteiger partial charge in [-0.05, 0) is 151 Å². The average Bonchev–Trinajstić information content (AvgIpc) is 1.59. The van der Waals surface area contributed by atoms with Gasteiger partial charge in [-0.3, -0.25) is 4.98 Å². The number of pyridine rings is 6. The molecule has 8 heterocycles. The van der Waals surface area contributed by atoms with Crippen molar-refractivity contribution in [3.8, 4) is 101 Å². The van der Waals surface area contributed by atoms with Gasteiger partial charge in [0.1, 0.15) is 58.1 Å². The quantitative estimate of drug-likeness (QED) is 0.114. The van der Waals surface area contributed by atoms with Crippen molar-refractivity contribution in [3.63, 3.8) is 0 Å². The van der Waals surface area contributed by atoms with Crippen LogP contribution in [-0.2, 0) is 35.2 Å². The third-order valence-corrected chi connectivity index (χ3v) is 20.3. The van der Waals surface area contributed by atoms with Crippen LogP contribution in [0.5, 0.6) is 0 Å². The SMILES string of the molecule is Cc1cc(-c2ccccc2)ccc1-c1cccc[n+]1C.Cc1ccc(-c2ccccc2)cc1-c1cccc[n+]1C.Cc1ccc2c(oc3ccccc32)c1-c1cccc[n+]1C.Cc1ccccc1-c1cc(-c2ccc(C(C)C)cn2)cc[n+]1C.Cc1ccccc1-c1cc(-c2nc(C(C)C)nc(C(C)C)n2)cc[n+]1C. The molecule has 10 heteroatoms. The first-order valence-electron chi connectivity index (χ1n) is 38.1. The van der Waals surface area contributed by atoms with E-state index in [-0.39, 0.29) is 11.8 Å². The lowest BCUT2D eigenvalue weighted by Crippen LogP contribution is -2.30. The Morgan fingerprint density at radius 1 is 0.291 bits per heavy atom. The van der Waals surface area contributed by atoms with E-state index in [0.717, 1.165) is 51.2 Å². The average molecular weight is 1450 g/mol. The Bertz CT molecular complexity index is 5820. The molecule has 0 N–H and O–H groups in total. The topological polar surface area (TPSA) is 84.1 Å². The van der Waals surface area contributed by atoms with E-state index in [2.05, 4.69) is 430 Å². The lowest BCUT2D eigenvalue weighted by atomic mass is 9.97. The minimum atomic E-state index is 0.268. The smallest absolute Gasteiger partial charge is 0.216 e. The second kappa shape index (κ2) is 35.5. The van der Waals surface area contributed by atoms with Crippen molar-refractivity contribution >= 4 is 21.9 Å². The summed E-state index contributed by atoms with van der Waals surface area (Å²) in [6, 6.07) is 95.6. The van der Waals surface area contributed by atoms with E-state index in [1.165, 1.54) is 117 Å². The Balaban J connectivity index is 0.000000128. The molecule has 8 aromatic heterocycles. The normalized spacial score (nSPS) is 11.0. The summed E-state index contributed by atoms with van der Waals surface area (Å²) in [5.74, 6) is 3.50. The number of nitrogens with zero attached hydrogens (tertiary/aromatic N) is 9. The summed E-state index contributed by atoms with van der Waals surface area (Å²) < 4.78 is 16.9. The van der Waals surface area contributed by atoms with Crippen molar-refractivity contribution in [2.75, 3.05) is 0 Å². The fraction of sp³-hybridized carbons (Fsp3) is 0.190. The highest BCUT2D eigenvalue weighted by Crippen LogP contribution is 2.38. The molecule has 0 amide bonds. The van der Waals surface area contributed by atoms with Gasteiger partial charge in [-0.2, -0.15) is 0 Å². The van der Waals surface area contributed by atoms with Crippen LogP contribution in [0, 0.1) is 34.6 Å². The highest BCUT2D eigenvalue weighted by Gasteiger charge is 2.23. The molecule has 0 unspecified atom stereocenters. The van der Waals surface area contributed by atoms with Crippen LogP contribution in [0.2, 0.25) is 0 Å². The maximum atomic E-state index is 6.16. The molecule has 0 bridgehead atoms. The van der Waals surface area contributed by atoms with Gasteiger partial charge in [0.25, 0.3) is 0 Å². The molecule has 0 aliphatic heterocycles. The zero-order valence-electron chi connectivity index (χ0n) is 66.6. The molecule has 0 saturated carbocycles. The Hall–Kier alpha value is -12.5. The summed E-state index contributed by atoms with van der Waals surface area (Å²) in [7, 11) is 10.4. The molecule has 8 aromatic carbocycles. The van der Waals surface area contributed by atoms with Crippen molar-refractivity contribution in [1.29, 1.82) is 0 Å². The van der Waals surface area contributed by atoms with Crippen LogP contribution in [0.15, 0.2) is 315 Å². The molecule has 16 rings (SSSR count). The van der Waals surface area contributed by atoms with Crippen LogP contribution in [0.25, 0.3) is 123 Å². The van der Waals surface area contributed by atoms with Gasteiger partial charge < -0.3 is 4.42 Å². The molecule has 110 heavy (non-hydrogen) atoms. The van der Waals surface area contributed by atoms with Crippen molar-refractivity contribution in [2.45, 2.75) is 93.9 Å². The molecular formula is C100H102N9O+5. The molecule has 0 spiro atoms. The minimum absolute atomic E-state index is 0.268. The van der Waals surface area contributed by atoms with E-state index < -0.39 is 0 Å². The maximum Gasteiger partial charge on any atom is 0.216 e. The van der Waals surface area contributed by atoms with Gasteiger partial charge in [0.15, 0.2) is 36.8 Å². The first-order chi connectivity index (χ1) is 53.2. The number of hydrogen-bond donors (Lipinski definition) is 0. The van der Waals surface area contributed by atoms with E-state index >= 15 is 0 Å². The molecule has 10 nitrogen and oxygen atoms in total. The summed E-state index contributed by atoms with van der Waals surface area (Å²) in [5, 5.41) is 2.35. The van der Waals surface area contributed by atoms with Gasteiger partial charge in [0.2, 0.25) is 28.5 Å². The van der Waals surface area contributed by atoms with Gasteiger partial charge >= 0.3 is 0 Å². The zero-order chi connectivity index (χ0) is 77.5. The summed E-state index contributed by atoms with van der Waals surface area (Å²) in [6.45, 7) is 23.6. The van der Waals surface area contributed by atoms with Crippen molar-refractivity contribution in [3.05, 3.63) is 355 Å². The fourth-order valence-electron chi connectivity index (χ4n) is 13.7. The first-order valence-corrected chi connectivity index (χ1v) is 38.1. The van der Waals surface area contributed by atoms with E-state index in [1.807, 2.05) is 24.4 Å². The Morgan fingerprint density at radius 3 is 1.27 bits per heavy atom. The predicted molar refractivity (Wildman–Crippen MR) is 451 cm³/mol. The van der Waals surface area contributed by atoms with Crippen LogP contribution in [0.1, 0.15) is 104 Å². The Labute approximate surface area is 650 Å². The monoisotopic (exact) mass is 1440 g/mol. The Morgan fingerprint density at radius 2 is 0.745 bits per heavy atom. The van der Waals surface area contributed by atoms with E-state index in [4.69, 9.17) is 14.4 Å². The predicted octanol–water partition coefficient (Wildman–Crippen LogP) is 22.0. The second-order valence-corrected chi connectivity index (χ2v) is 29.4. The third-order valence-electron chi connectivity index (χ3n) is 20.3. The molecule has 0 saturated heterocycles. The molecule has 0 atom stereocenters. The molecule has 0 aliphatic carbocycles. The number of fused-ring (bicyclic) bond motifs is 3. The van der Waals surface area contributed by atoms with Gasteiger partial charge in [0, 0.05) is 123 Å². The fourth-order valence-corrected chi connectivity index (χ4v) is 13.7. The second-order valence-electron chi connectivity index (χ2n) is 29.4. The number of aromatic nitrogens is 9. The van der Waals surface area contributed by atoms with Crippen LogP contribution in [0.3, 0.4) is 0 Å². The van der Waals surface area contributed by atoms with Gasteiger partial charge in [0.05, 0.1) is 11.3 Å². The maximum absolute atomic E-state index is 6.16. The standard InChI is InChI=1S/C22H27N4.C21H23N2.C19H16NO.2C19H18N/c1-14(2)20-23-21(15(3)4)25-22(24-20)17-11-12-26(6)19(13-17)18-10-8-7-9-16(18)5;1-15(2)18-9-10-20(22-14-18)17-11-12-23(4)21(13-17)19-8-6-5-7-16(19)3;1-13-10-11-15-14-7-3-4-9-17(14)21-19(15)18(13)16-8-5-6-12-20(16)2;1-15-14-17(16-8-4-3-5-9-16)11-12-18(15)19-10-6-7-13-20(19)2;1-15-11-12-17(16-8-4-3-5-9-16)14-18(15)19-10-6-7-13-20(19)2/h7-15H,1-6H3;5-15H,1-4H3;3-12H,1-2H3;2*3-14H,1-2H3/q5*+1. The number of aryl methyl sites for hydroxylation is 10. The Kier molecular flexibility index (Phi) is 24.9. The number of para-hydroxylation sites is 1. The minimum Gasteiger partial charge on any atom is -0.455 e. The summed E-state index contributed by atoms with van der Waals surface area (Å²) >= 11 is 0. The van der Waals surface area contributed by atoms with Crippen molar-refractivity contribution < 1.29 is 27.3 Å². The lowest BCUT2D eigenvalue weighted by Gasteiger charge is -2.12. The summed E-state index contributed by atoms with van der Waals surface area (Å²) in [5.41, 5.74) is 30.0. The molecular weight excluding hydrogens is 1340 g/mol. The molecule has 0 fully saturated rings. The number of rotatable bonds is 12. The van der Waals surface area contributed by atoms with E-state index in [9.17, 15) is 0 Å². The number of hydrogen-bond acceptors (Lipinski definition) is 5. The molecule has 16 aromatic rings. The number of benzene rings is 8. The van der Waals surface area contributed by atoms with Gasteiger partial charge in [-0.15, -0.1) is 0 Å². The van der Waals surface area contributed by atoms with Gasteiger partial charge in [-0.1, -0.05) is 199 Å². The molecule has 548 valence electrons. The van der Waals surface area contributed by atoms with Crippen molar-refractivity contribution in [1.82, 2.24) is 19.9 Å². The third kappa shape index (κ3) is 18.2. The molecule has 0 radical (unpaired) electrons. The largest absolute Gasteiger partial charge is 0.455 e. The lowest BCUT2D eigenvalue weighted by molar-refractivity contribution is -0.660. The van der Waals surface area contributed by atoms with Crippen molar-refractivity contribution in [2.24, 2.45) is 35.2 Å². The summed E-state index contributed by atoms with van der Waals surface area (Å²) in [4.78, 5) is 18.8. The van der Waals surface area contributed by atoms with Crippen LogP contribution >= 0.6 is 0 Å². The van der Waals surface area contributed by atoms with E-state index in [1.54, 1.807) is 0 Å². The van der Waals surface area contributed by atoms with Crippen LogP contribution in [-0.4, -0.2) is 19.9 Å². The highest BCUT2D eigenvalue weighted by atomic mass is 16.3. The first kappa shape index (κ1) is 77.1. The number of furan rings is 1. The highest BCUT2D eigenvalue weighted by molar-refractivity contribution is 6.09.